The first-order chi connectivity index (χ1) is 15.3. The third-order valence-corrected chi connectivity index (χ3v) is 7.16. The summed E-state index contributed by atoms with van der Waals surface area (Å²) >= 11 is 6.33. The zero-order valence-corrected chi connectivity index (χ0v) is 20.4. The molecule has 2 aliphatic heterocycles. The number of aromatic nitrogens is 2. The fraction of sp³-hybridized carbons (Fsp3) is 0.600. The Morgan fingerprint density at radius 2 is 1.78 bits per heavy atom. The van der Waals surface area contributed by atoms with Gasteiger partial charge in [0.2, 0.25) is 0 Å². The van der Waals surface area contributed by atoms with Gasteiger partial charge in [-0.25, -0.2) is 0 Å². The predicted octanol–water partition coefficient (Wildman–Crippen LogP) is 4.16. The molecular formula is C25H35ClN4O2. The van der Waals surface area contributed by atoms with Crippen molar-refractivity contribution in [3.63, 3.8) is 0 Å². The van der Waals surface area contributed by atoms with E-state index in [4.69, 9.17) is 16.3 Å². The van der Waals surface area contributed by atoms with Crippen LogP contribution in [0.15, 0.2) is 24.3 Å². The smallest absolute Gasteiger partial charge is 0.257 e. The van der Waals surface area contributed by atoms with Crippen molar-refractivity contribution in [1.29, 1.82) is 0 Å². The molecule has 4 rings (SSSR count). The fourth-order valence-corrected chi connectivity index (χ4v) is 5.42. The van der Waals surface area contributed by atoms with Crippen LogP contribution >= 0.6 is 11.6 Å². The molecule has 32 heavy (non-hydrogen) atoms. The van der Waals surface area contributed by atoms with E-state index in [-0.39, 0.29) is 5.91 Å². The van der Waals surface area contributed by atoms with Crippen LogP contribution in [0, 0.1) is 19.8 Å². The average molecular weight is 459 g/mol. The number of carbonyl (C=O) groups is 1. The van der Waals surface area contributed by atoms with E-state index in [1.165, 1.54) is 0 Å². The van der Waals surface area contributed by atoms with Crippen molar-refractivity contribution < 1.29 is 9.53 Å². The van der Waals surface area contributed by atoms with E-state index in [0.29, 0.717) is 24.7 Å². The van der Waals surface area contributed by atoms with Crippen molar-refractivity contribution in [2.75, 3.05) is 32.7 Å². The highest BCUT2D eigenvalue weighted by molar-refractivity contribution is 6.31. The molecule has 2 aliphatic rings. The topological polar surface area (TPSA) is 50.6 Å². The minimum Gasteiger partial charge on any atom is -0.373 e. The van der Waals surface area contributed by atoms with Crippen LogP contribution in [0.5, 0.6) is 0 Å². The minimum absolute atomic E-state index is 0.109. The van der Waals surface area contributed by atoms with E-state index in [9.17, 15) is 4.79 Å². The molecular weight excluding hydrogens is 424 g/mol. The lowest BCUT2D eigenvalue weighted by Crippen LogP contribution is -2.48. The van der Waals surface area contributed by atoms with Gasteiger partial charge in [-0.2, -0.15) is 5.10 Å². The number of morpholine rings is 1. The van der Waals surface area contributed by atoms with Gasteiger partial charge in [-0.05, 0) is 58.1 Å². The predicted molar refractivity (Wildman–Crippen MR) is 127 cm³/mol. The molecule has 1 amide bonds. The molecule has 0 spiro atoms. The first kappa shape index (κ1) is 23.3. The molecule has 0 saturated carbocycles. The van der Waals surface area contributed by atoms with E-state index in [1.54, 1.807) is 0 Å². The highest BCUT2D eigenvalue weighted by Gasteiger charge is 2.30. The summed E-state index contributed by atoms with van der Waals surface area (Å²) in [5.74, 6) is 0.749. The van der Waals surface area contributed by atoms with Crippen LogP contribution in [0.3, 0.4) is 0 Å². The third kappa shape index (κ3) is 5.19. The summed E-state index contributed by atoms with van der Waals surface area (Å²) in [4.78, 5) is 17.9. The highest BCUT2D eigenvalue weighted by Crippen LogP contribution is 2.25. The van der Waals surface area contributed by atoms with E-state index >= 15 is 0 Å². The summed E-state index contributed by atoms with van der Waals surface area (Å²) in [6.45, 7) is 13.5. The number of piperidine rings is 1. The molecule has 0 aliphatic carbocycles. The number of hydrogen-bond acceptors (Lipinski definition) is 4. The summed E-state index contributed by atoms with van der Waals surface area (Å²) in [5.41, 5.74) is 3.45. The lowest BCUT2D eigenvalue weighted by molar-refractivity contribution is -0.0728. The molecule has 0 N–H and O–H groups in total. The van der Waals surface area contributed by atoms with E-state index in [2.05, 4.69) is 23.8 Å². The SMILES string of the molecule is Cc1nn(Cc2ccccc2Cl)c(C)c1C(=O)N1CCC(CN2CC(C)OC(C)C2)CC1. The zero-order chi connectivity index (χ0) is 22.8. The molecule has 7 heteroatoms. The second kappa shape index (κ2) is 9.94. The van der Waals surface area contributed by atoms with Gasteiger partial charge in [0, 0.05) is 43.4 Å². The van der Waals surface area contributed by atoms with Crippen LogP contribution in [0.4, 0.5) is 0 Å². The highest BCUT2D eigenvalue weighted by atomic mass is 35.5. The van der Waals surface area contributed by atoms with Crippen molar-refractivity contribution in [3.05, 3.63) is 51.8 Å². The number of ether oxygens (including phenoxy) is 1. The van der Waals surface area contributed by atoms with Gasteiger partial charge in [0.05, 0.1) is 30.0 Å². The molecule has 2 unspecified atom stereocenters. The molecule has 2 aromatic rings. The van der Waals surface area contributed by atoms with E-state index in [1.807, 2.05) is 47.7 Å². The van der Waals surface area contributed by atoms with Gasteiger partial charge in [-0.1, -0.05) is 29.8 Å². The van der Waals surface area contributed by atoms with Crippen LogP contribution in [0.25, 0.3) is 0 Å². The molecule has 0 radical (unpaired) electrons. The molecule has 1 aromatic carbocycles. The Labute approximate surface area is 196 Å². The molecule has 2 saturated heterocycles. The van der Waals surface area contributed by atoms with Gasteiger partial charge in [0.1, 0.15) is 0 Å². The number of hydrogen-bond donors (Lipinski definition) is 0. The summed E-state index contributed by atoms with van der Waals surface area (Å²) in [7, 11) is 0. The number of amides is 1. The van der Waals surface area contributed by atoms with E-state index in [0.717, 1.165) is 73.1 Å². The van der Waals surface area contributed by atoms with Gasteiger partial charge in [-0.3, -0.25) is 14.4 Å². The van der Waals surface area contributed by atoms with Gasteiger partial charge < -0.3 is 9.64 Å². The largest absolute Gasteiger partial charge is 0.373 e. The summed E-state index contributed by atoms with van der Waals surface area (Å²) in [6, 6.07) is 7.78. The second-order valence-electron chi connectivity index (χ2n) is 9.51. The molecule has 3 heterocycles. The van der Waals surface area contributed by atoms with Crippen LogP contribution in [-0.2, 0) is 11.3 Å². The Bertz CT molecular complexity index is 941. The van der Waals surface area contributed by atoms with Crippen LogP contribution < -0.4 is 0 Å². The maximum atomic E-state index is 13.4. The van der Waals surface area contributed by atoms with Crippen molar-refractivity contribution in [3.8, 4) is 0 Å². The zero-order valence-electron chi connectivity index (χ0n) is 19.7. The third-order valence-electron chi connectivity index (χ3n) is 6.79. The number of rotatable bonds is 5. The Morgan fingerprint density at radius 1 is 1.12 bits per heavy atom. The molecule has 0 bridgehead atoms. The standard InChI is InChI=1S/C25H35ClN4O2/c1-17-13-28(14-18(2)32-17)15-21-9-11-29(12-10-21)25(31)24-19(3)27-30(20(24)4)16-22-7-5-6-8-23(22)26/h5-8,17-18,21H,9-16H2,1-4H3. The van der Waals surface area contributed by atoms with Crippen LogP contribution in [-0.4, -0.2) is 70.4 Å². The minimum atomic E-state index is 0.109. The average Bonchev–Trinajstić information content (AvgIpc) is 3.02. The number of aryl methyl sites for hydroxylation is 1. The van der Waals surface area contributed by atoms with Crippen molar-refractivity contribution in [2.45, 2.75) is 59.3 Å². The fourth-order valence-electron chi connectivity index (χ4n) is 5.22. The van der Waals surface area contributed by atoms with Crippen molar-refractivity contribution in [2.24, 2.45) is 5.92 Å². The number of benzene rings is 1. The monoisotopic (exact) mass is 458 g/mol. The summed E-state index contributed by atoms with van der Waals surface area (Å²) in [5, 5.41) is 5.38. The molecule has 2 atom stereocenters. The Kier molecular flexibility index (Phi) is 7.23. The number of carbonyl (C=O) groups excluding carboxylic acids is 1. The summed E-state index contributed by atoms with van der Waals surface area (Å²) < 4.78 is 7.76. The Morgan fingerprint density at radius 3 is 2.44 bits per heavy atom. The quantitative estimate of drug-likeness (QED) is 0.675. The first-order valence-corrected chi connectivity index (χ1v) is 12.1. The lowest BCUT2D eigenvalue weighted by Gasteiger charge is -2.39. The van der Waals surface area contributed by atoms with Gasteiger partial charge in [0.25, 0.3) is 5.91 Å². The Hall–Kier alpha value is -1.89. The normalized spacial score (nSPS) is 23.0. The number of likely N-dealkylation sites (tertiary alicyclic amines) is 1. The Balaban J connectivity index is 1.37. The number of nitrogens with zero attached hydrogens (tertiary/aromatic N) is 4. The first-order valence-electron chi connectivity index (χ1n) is 11.8. The summed E-state index contributed by atoms with van der Waals surface area (Å²) in [6.07, 6.45) is 2.71. The van der Waals surface area contributed by atoms with Gasteiger partial charge in [0.15, 0.2) is 0 Å². The molecule has 1 aromatic heterocycles. The molecule has 174 valence electrons. The van der Waals surface area contributed by atoms with Gasteiger partial charge in [-0.15, -0.1) is 0 Å². The van der Waals surface area contributed by atoms with Gasteiger partial charge >= 0.3 is 0 Å². The maximum absolute atomic E-state index is 13.4. The second-order valence-corrected chi connectivity index (χ2v) is 9.91. The van der Waals surface area contributed by atoms with E-state index < -0.39 is 0 Å². The van der Waals surface area contributed by atoms with Crippen molar-refractivity contribution >= 4 is 17.5 Å². The maximum Gasteiger partial charge on any atom is 0.257 e. The van der Waals surface area contributed by atoms with Crippen LogP contribution in [0.2, 0.25) is 5.02 Å². The number of halogens is 1. The van der Waals surface area contributed by atoms with Crippen LogP contribution in [0.1, 0.15) is 54.0 Å². The van der Waals surface area contributed by atoms with Crippen molar-refractivity contribution in [1.82, 2.24) is 19.6 Å². The molecule has 2 fully saturated rings. The lowest BCUT2D eigenvalue weighted by atomic mass is 9.95. The molecule has 6 nitrogen and oxygen atoms in total.